The van der Waals surface area contributed by atoms with Crippen molar-refractivity contribution in [3.05, 3.63) is 47.4 Å². The lowest BCUT2D eigenvalue weighted by molar-refractivity contribution is 0.146. The Hall–Kier alpha value is -1.94. The number of hydrogen-bond acceptors (Lipinski definition) is 4. The highest BCUT2D eigenvalue weighted by Gasteiger charge is 2.12. The summed E-state index contributed by atoms with van der Waals surface area (Å²) in [5, 5.41) is 3.43. The number of aryl methyl sites for hydroxylation is 2. The van der Waals surface area contributed by atoms with Crippen LogP contribution in [0.4, 0.5) is 5.69 Å². The third kappa shape index (κ3) is 4.26. The number of rotatable bonds is 7. The van der Waals surface area contributed by atoms with E-state index in [1.807, 2.05) is 38.1 Å². The number of hydrogen-bond donors (Lipinski definition) is 1. The molecular weight excluding hydrogens is 266 g/mol. The monoisotopic (exact) mass is 289 g/mol. The summed E-state index contributed by atoms with van der Waals surface area (Å²) < 4.78 is 16.5. The topological polar surface area (TPSA) is 43.6 Å². The average Bonchev–Trinajstić information content (AvgIpc) is 2.88. The molecule has 114 valence electrons. The van der Waals surface area contributed by atoms with Crippen molar-refractivity contribution >= 4 is 5.69 Å². The highest BCUT2D eigenvalue weighted by atomic mass is 16.5. The average molecular weight is 289 g/mol. The van der Waals surface area contributed by atoms with Crippen LogP contribution in [0.25, 0.3) is 0 Å². The van der Waals surface area contributed by atoms with Crippen LogP contribution in [0.5, 0.6) is 5.75 Å². The van der Waals surface area contributed by atoms with Crippen molar-refractivity contribution in [1.82, 2.24) is 0 Å². The van der Waals surface area contributed by atoms with Crippen molar-refractivity contribution < 1.29 is 13.9 Å². The lowest BCUT2D eigenvalue weighted by Crippen LogP contribution is -2.10. The van der Waals surface area contributed by atoms with Crippen molar-refractivity contribution in [1.29, 1.82) is 0 Å². The van der Waals surface area contributed by atoms with Gasteiger partial charge in [0.2, 0.25) is 0 Å². The van der Waals surface area contributed by atoms with Crippen molar-refractivity contribution in [2.24, 2.45) is 0 Å². The Balaban J connectivity index is 2.10. The minimum absolute atomic E-state index is 0.0752. The first-order valence-electron chi connectivity index (χ1n) is 7.15. The molecule has 4 nitrogen and oxygen atoms in total. The van der Waals surface area contributed by atoms with Crippen LogP contribution in [0.1, 0.15) is 30.0 Å². The summed E-state index contributed by atoms with van der Waals surface area (Å²) in [6.07, 6.45) is 0. The molecule has 0 spiro atoms. The Bertz CT molecular complexity index is 577. The van der Waals surface area contributed by atoms with E-state index < -0.39 is 0 Å². The van der Waals surface area contributed by atoms with E-state index in [0.717, 1.165) is 28.5 Å². The molecule has 0 saturated heterocycles. The number of methoxy groups -OCH3 is 1. The molecule has 0 aliphatic carbocycles. The second-order valence-corrected chi connectivity index (χ2v) is 5.16. The summed E-state index contributed by atoms with van der Waals surface area (Å²) in [6.45, 7) is 7.16. The lowest BCUT2D eigenvalue weighted by atomic mass is 10.2. The van der Waals surface area contributed by atoms with Gasteiger partial charge in [-0.3, -0.25) is 0 Å². The molecule has 2 aromatic rings. The molecule has 0 saturated carbocycles. The van der Waals surface area contributed by atoms with Gasteiger partial charge in [-0.15, -0.1) is 0 Å². The van der Waals surface area contributed by atoms with Gasteiger partial charge in [-0.2, -0.15) is 0 Å². The van der Waals surface area contributed by atoms with E-state index in [9.17, 15) is 0 Å². The van der Waals surface area contributed by atoms with Crippen LogP contribution in [-0.2, 0) is 4.74 Å². The molecule has 0 amide bonds. The maximum absolute atomic E-state index is 5.78. The van der Waals surface area contributed by atoms with E-state index in [2.05, 4.69) is 18.3 Å². The fourth-order valence-electron chi connectivity index (χ4n) is 2.09. The molecule has 1 N–H and O–H groups in total. The third-order valence-corrected chi connectivity index (χ3v) is 3.24. The van der Waals surface area contributed by atoms with Gasteiger partial charge in [0, 0.05) is 7.11 Å². The number of nitrogens with one attached hydrogen (secondary N) is 1. The Kier molecular flexibility index (Phi) is 5.28. The summed E-state index contributed by atoms with van der Waals surface area (Å²) in [4.78, 5) is 0. The number of ether oxygens (including phenoxy) is 2. The summed E-state index contributed by atoms with van der Waals surface area (Å²) in [7, 11) is 1.67. The van der Waals surface area contributed by atoms with Gasteiger partial charge < -0.3 is 19.2 Å². The zero-order valence-corrected chi connectivity index (χ0v) is 13.1. The second-order valence-electron chi connectivity index (χ2n) is 5.16. The summed E-state index contributed by atoms with van der Waals surface area (Å²) in [5.74, 6) is 2.66. The molecule has 1 aromatic carbocycles. The van der Waals surface area contributed by atoms with Crippen LogP contribution in [0, 0.1) is 13.8 Å². The Morgan fingerprint density at radius 2 is 1.95 bits per heavy atom. The fraction of sp³-hybridized carbons (Fsp3) is 0.412. The molecular formula is C17H23NO3. The van der Waals surface area contributed by atoms with Gasteiger partial charge in [-0.25, -0.2) is 0 Å². The predicted octanol–water partition coefficient (Wildman–Crippen LogP) is 4.09. The van der Waals surface area contributed by atoms with E-state index in [1.54, 1.807) is 7.11 Å². The Labute approximate surface area is 126 Å². The van der Waals surface area contributed by atoms with Crippen LogP contribution < -0.4 is 10.1 Å². The van der Waals surface area contributed by atoms with E-state index in [0.29, 0.717) is 13.2 Å². The predicted molar refractivity (Wildman–Crippen MR) is 84.0 cm³/mol. The van der Waals surface area contributed by atoms with E-state index in [4.69, 9.17) is 13.9 Å². The summed E-state index contributed by atoms with van der Waals surface area (Å²) in [5.41, 5.74) is 2.12. The zero-order valence-electron chi connectivity index (χ0n) is 13.1. The Morgan fingerprint density at radius 1 is 1.14 bits per heavy atom. The standard InChI is InChI=1S/C17H23NO3/c1-12-5-7-15(17(11-12)20-10-9-19-4)18-14(3)16-8-6-13(2)21-16/h5-8,11,14,18H,9-10H2,1-4H3. The molecule has 1 unspecified atom stereocenters. The zero-order chi connectivity index (χ0) is 15.2. The van der Waals surface area contributed by atoms with E-state index in [1.165, 1.54) is 0 Å². The van der Waals surface area contributed by atoms with Crippen LogP contribution in [0.3, 0.4) is 0 Å². The first-order chi connectivity index (χ1) is 10.1. The normalized spacial score (nSPS) is 12.2. The van der Waals surface area contributed by atoms with Crippen molar-refractivity contribution in [3.8, 4) is 5.75 Å². The summed E-state index contributed by atoms with van der Waals surface area (Å²) in [6, 6.07) is 10.2. The molecule has 2 rings (SSSR count). The lowest BCUT2D eigenvalue weighted by Gasteiger charge is -2.17. The quantitative estimate of drug-likeness (QED) is 0.779. The van der Waals surface area contributed by atoms with Gasteiger partial charge in [-0.1, -0.05) is 6.07 Å². The summed E-state index contributed by atoms with van der Waals surface area (Å²) >= 11 is 0. The number of anilines is 1. The van der Waals surface area contributed by atoms with Gasteiger partial charge in [0.1, 0.15) is 23.9 Å². The van der Waals surface area contributed by atoms with Crippen molar-refractivity contribution in [3.63, 3.8) is 0 Å². The molecule has 4 heteroatoms. The Morgan fingerprint density at radius 3 is 2.62 bits per heavy atom. The maximum atomic E-state index is 5.78. The number of furan rings is 1. The third-order valence-electron chi connectivity index (χ3n) is 3.24. The van der Waals surface area contributed by atoms with Gasteiger partial charge in [0.25, 0.3) is 0 Å². The first kappa shape index (κ1) is 15.4. The smallest absolute Gasteiger partial charge is 0.142 e. The molecule has 21 heavy (non-hydrogen) atoms. The van der Waals surface area contributed by atoms with Gasteiger partial charge in [0.15, 0.2) is 0 Å². The minimum Gasteiger partial charge on any atom is -0.489 e. The van der Waals surface area contributed by atoms with E-state index >= 15 is 0 Å². The van der Waals surface area contributed by atoms with E-state index in [-0.39, 0.29) is 6.04 Å². The molecule has 0 fully saturated rings. The van der Waals surface area contributed by atoms with Crippen LogP contribution in [0.15, 0.2) is 34.7 Å². The van der Waals surface area contributed by atoms with Gasteiger partial charge in [-0.05, 0) is 50.6 Å². The molecule has 1 atom stereocenters. The van der Waals surface area contributed by atoms with Crippen molar-refractivity contribution in [2.75, 3.05) is 25.6 Å². The van der Waals surface area contributed by atoms with Crippen LogP contribution >= 0.6 is 0 Å². The van der Waals surface area contributed by atoms with Gasteiger partial charge in [0.05, 0.1) is 18.3 Å². The maximum Gasteiger partial charge on any atom is 0.142 e. The highest BCUT2D eigenvalue weighted by Crippen LogP contribution is 2.30. The SMILES string of the molecule is COCCOc1cc(C)ccc1NC(C)c1ccc(C)o1. The molecule has 0 radical (unpaired) electrons. The first-order valence-corrected chi connectivity index (χ1v) is 7.15. The van der Waals surface area contributed by atoms with Crippen LogP contribution in [-0.4, -0.2) is 20.3 Å². The van der Waals surface area contributed by atoms with Crippen molar-refractivity contribution in [2.45, 2.75) is 26.8 Å². The largest absolute Gasteiger partial charge is 0.489 e. The molecule has 0 aliphatic heterocycles. The van der Waals surface area contributed by atoms with Crippen LogP contribution in [0.2, 0.25) is 0 Å². The molecule has 0 bridgehead atoms. The molecule has 1 aromatic heterocycles. The second kappa shape index (κ2) is 7.18. The highest BCUT2D eigenvalue weighted by molar-refractivity contribution is 5.58. The molecule has 0 aliphatic rings. The van der Waals surface area contributed by atoms with Gasteiger partial charge >= 0.3 is 0 Å². The minimum atomic E-state index is 0.0752. The fourth-order valence-corrected chi connectivity index (χ4v) is 2.09. The molecule has 1 heterocycles. The number of benzene rings is 1.